The molecule has 0 aliphatic heterocycles. The molecule has 0 spiro atoms. The van der Waals surface area contributed by atoms with Crippen molar-refractivity contribution in [1.29, 1.82) is 0 Å². The third-order valence-electron chi connectivity index (χ3n) is 2.59. The number of furan rings is 1. The lowest BCUT2D eigenvalue weighted by Crippen LogP contribution is -2.16. The third kappa shape index (κ3) is 3.22. The summed E-state index contributed by atoms with van der Waals surface area (Å²) >= 11 is 0. The number of carboxylic acids is 1. The van der Waals surface area contributed by atoms with Crippen LogP contribution in [0.25, 0.3) is 0 Å². The monoisotopic (exact) mass is 259 g/mol. The highest BCUT2D eigenvalue weighted by atomic mass is 16.4. The molecule has 0 bridgehead atoms. The maximum absolute atomic E-state index is 11.8. The quantitative estimate of drug-likeness (QED) is 0.883. The minimum Gasteiger partial charge on any atom is -0.478 e. The van der Waals surface area contributed by atoms with Gasteiger partial charge < -0.3 is 14.8 Å². The van der Waals surface area contributed by atoms with Crippen LogP contribution >= 0.6 is 0 Å². The van der Waals surface area contributed by atoms with Crippen LogP contribution in [0.5, 0.6) is 0 Å². The summed E-state index contributed by atoms with van der Waals surface area (Å²) in [5.41, 5.74) is 1.18. The molecule has 0 saturated heterocycles. The first-order chi connectivity index (χ1) is 9.06. The summed E-state index contributed by atoms with van der Waals surface area (Å²) in [6, 6.07) is 8.22. The van der Waals surface area contributed by atoms with E-state index in [1.165, 1.54) is 12.3 Å². The molecule has 0 aliphatic rings. The fraction of sp³-hybridized carbons (Fsp3) is 0.143. The van der Waals surface area contributed by atoms with Crippen molar-refractivity contribution in [3.8, 4) is 0 Å². The number of carbonyl (C=O) groups is 2. The molecular formula is C14H13NO4. The van der Waals surface area contributed by atoms with E-state index in [-0.39, 0.29) is 23.6 Å². The van der Waals surface area contributed by atoms with Crippen LogP contribution in [0, 0.1) is 6.92 Å². The summed E-state index contributed by atoms with van der Waals surface area (Å²) in [6.45, 7) is 1.79. The van der Waals surface area contributed by atoms with Gasteiger partial charge in [0.25, 0.3) is 0 Å². The molecule has 2 aromatic rings. The van der Waals surface area contributed by atoms with E-state index >= 15 is 0 Å². The number of aryl methyl sites for hydroxylation is 1. The van der Waals surface area contributed by atoms with Gasteiger partial charge in [-0.05, 0) is 31.2 Å². The molecule has 2 rings (SSSR count). The highest BCUT2D eigenvalue weighted by molar-refractivity contribution is 6.01. The Bertz CT molecular complexity index is 602. The zero-order valence-electron chi connectivity index (χ0n) is 10.3. The lowest BCUT2D eigenvalue weighted by molar-refractivity contribution is -0.115. The van der Waals surface area contributed by atoms with Crippen LogP contribution in [-0.4, -0.2) is 17.0 Å². The Labute approximate surface area is 109 Å². The second-order valence-electron chi connectivity index (χ2n) is 4.16. The zero-order chi connectivity index (χ0) is 13.8. The molecule has 2 N–H and O–H groups in total. The Balaban J connectivity index is 2.14. The summed E-state index contributed by atoms with van der Waals surface area (Å²) in [6.07, 6.45) is 1.55. The first kappa shape index (κ1) is 12.9. The standard InChI is InChI=1S/C14H13NO4/c1-9-4-5-12(11(7-9)14(17)18)15-13(16)8-10-3-2-6-19-10/h2-7H,8H2,1H3,(H,15,16)(H,17,18). The van der Waals surface area contributed by atoms with Crippen LogP contribution < -0.4 is 5.32 Å². The van der Waals surface area contributed by atoms with Crippen molar-refractivity contribution in [1.82, 2.24) is 0 Å². The number of nitrogens with one attached hydrogen (secondary N) is 1. The Hall–Kier alpha value is -2.56. The first-order valence-electron chi connectivity index (χ1n) is 5.72. The third-order valence-corrected chi connectivity index (χ3v) is 2.59. The van der Waals surface area contributed by atoms with Crippen molar-refractivity contribution in [2.75, 3.05) is 5.32 Å². The van der Waals surface area contributed by atoms with E-state index in [0.717, 1.165) is 5.56 Å². The maximum atomic E-state index is 11.8. The molecule has 0 aliphatic carbocycles. The number of carboxylic acid groups (broad SMARTS) is 1. The van der Waals surface area contributed by atoms with E-state index < -0.39 is 5.97 Å². The van der Waals surface area contributed by atoms with Gasteiger partial charge in [0.1, 0.15) is 5.76 Å². The van der Waals surface area contributed by atoms with Gasteiger partial charge in [0.05, 0.1) is 23.9 Å². The van der Waals surface area contributed by atoms with Crippen molar-refractivity contribution >= 4 is 17.6 Å². The largest absolute Gasteiger partial charge is 0.478 e. The molecule has 19 heavy (non-hydrogen) atoms. The Morgan fingerprint density at radius 2 is 2.11 bits per heavy atom. The number of aromatic carboxylic acids is 1. The molecule has 0 unspecified atom stereocenters. The van der Waals surface area contributed by atoms with Crippen LogP contribution in [0.3, 0.4) is 0 Å². The minimum absolute atomic E-state index is 0.0694. The van der Waals surface area contributed by atoms with Gasteiger partial charge in [-0.25, -0.2) is 4.79 Å². The number of hydrogen-bond acceptors (Lipinski definition) is 3. The average molecular weight is 259 g/mol. The van der Waals surface area contributed by atoms with Crippen LogP contribution in [-0.2, 0) is 11.2 Å². The molecule has 0 fully saturated rings. The summed E-state index contributed by atoms with van der Waals surface area (Å²) < 4.78 is 5.06. The SMILES string of the molecule is Cc1ccc(NC(=O)Cc2ccco2)c(C(=O)O)c1. The van der Waals surface area contributed by atoms with Crippen molar-refractivity contribution < 1.29 is 19.1 Å². The van der Waals surface area contributed by atoms with Crippen LogP contribution in [0.2, 0.25) is 0 Å². The molecule has 1 amide bonds. The molecule has 1 aromatic carbocycles. The molecular weight excluding hydrogens is 246 g/mol. The number of amides is 1. The molecule has 0 saturated carbocycles. The highest BCUT2D eigenvalue weighted by Crippen LogP contribution is 2.18. The van der Waals surface area contributed by atoms with Gasteiger partial charge in [0, 0.05) is 0 Å². The second-order valence-corrected chi connectivity index (χ2v) is 4.16. The number of carbonyl (C=O) groups excluding carboxylic acids is 1. The van der Waals surface area contributed by atoms with Crippen molar-refractivity contribution in [3.63, 3.8) is 0 Å². The van der Waals surface area contributed by atoms with Gasteiger partial charge in [-0.1, -0.05) is 11.6 Å². The van der Waals surface area contributed by atoms with Gasteiger partial charge in [-0.15, -0.1) is 0 Å². The normalized spacial score (nSPS) is 10.2. The van der Waals surface area contributed by atoms with E-state index in [2.05, 4.69) is 5.32 Å². The smallest absolute Gasteiger partial charge is 0.337 e. The topological polar surface area (TPSA) is 79.5 Å². The summed E-state index contributed by atoms with van der Waals surface area (Å²) in [7, 11) is 0. The van der Waals surface area contributed by atoms with E-state index in [0.29, 0.717) is 5.76 Å². The molecule has 0 radical (unpaired) electrons. The van der Waals surface area contributed by atoms with Gasteiger partial charge in [0.2, 0.25) is 5.91 Å². The van der Waals surface area contributed by atoms with Crippen LogP contribution in [0.4, 0.5) is 5.69 Å². The Morgan fingerprint density at radius 3 is 2.74 bits per heavy atom. The van der Waals surface area contributed by atoms with E-state index in [1.807, 2.05) is 0 Å². The number of hydrogen-bond donors (Lipinski definition) is 2. The van der Waals surface area contributed by atoms with E-state index in [1.54, 1.807) is 31.2 Å². The van der Waals surface area contributed by atoms with Crippen molar-refractivity contribution in [2.45, 2.75) is 13.3 Å². The lowest BCUT2D eigenvalue weighted by Gasteiger charge is -2.08. The zero-order valence-corrected chi connectivity index (χ0v) is 10.3. The average Bonchev–Trinajstić information content (AvgIpc) is 2.83. The predicted octanol–water partition coefficient (Wildman–Crippen LogP) is 2.47. The molecule has 1 aromatic heterocycles. The van der Waals surface area contributed by atoms with Crippen LogP contribution in [0.15, 0.2) is 41.0 Å². The molecule has 5 nitrogen and oxygen atoms in total. The fourth-order valence-electron chi connectivity index (χ4n) is 1.71. The maximum Gasteiger partial charge on any atom is 0.337 e. The molecule has 5 heteroatoms. The van der Waals surface area contributed by atoms with Crippen LogP contribution in [0.1, 0.15) is 21.7 Å². The molecule has 1 heterocycles. The molecule has 0 atom stereocenters. The van der Waals surface area contributed by atoms with Gasteiger partial charge >= 0.3 is 5.97 Å². The van der Waals surface area contributed by atoms with Gasteiger partial charge in [-0.3, -0.25) is 4.79 Å². The van der Waals surface area contributed by atoms with Crippen molar-refractivity contribution in [3.05, 3.63) is 53.5 Å². The highest BCUT2D eigenvalue weighted by Gasteiger charge is 2.13. The predicted molar refractivity (Wildman–Crippen MR) is 69.2 cm³/mol. The number of benzene rings is 1. The Kier molecular flexibility index (Phi) is 3.66. The summed E-state index contributed by atoms with van der Waals surface area (Å²) in [4.78, 5) is 22.9. The second kappa shape index (κ2) is 5.39. The van der Waals surface area contributed by atoms with Crippen molar-refractivity contribution in [2.24, 2.45) is 0 Å². The first-order valence-corrected chi connectivity index (χ1v) is 5.72. The van der Waals surface area contributed by atoms with E-state index in [9.17, 15) is 9.59 Å². The minimum atomic E-state index is -1.07. The number of anilines is 1. The number of rotatable bonds is 4. The Morgan fingerprint density at radius 1 is 1.32 bits per heavy atom. The van der Waals surface area contributed by atoms with Gasteiger partial charge in [0.15, 0.2) is 0 Å². The van der Waals surface area contributed by atoms with E-state index in [4.69, 9.17) is 9.52 Å². The summed E-state index contributed by atoms with van der Waals surface area (Å²) in [5, 5.41) is 11.7. The lowest BCUT2D eigenvalue weighted by atomic mass is 10.1. The fourth-order valence-corrected chi connectivity index (χ4v) is 1.71. The molecule has 98 valence electrons. The summed E-state index contributed by atoms with van der Waals surface area (Å²) in [5.74, 6) is -0.861. The van der Waals surface area contributed by atoms with Gasteiger partial charge in [-0.2, -0.15) is 0 Å².